The molecule has 7 nitrogen and oxygen atoms in total. The van der Waals surface area contributed by atoms with Gasteiger partial charge in [0.1, 0.15) is 15.4 Å². The van der Waals surface area contributed by atoms with Gasteiger partial charge in [-0.1, -0.05) is 30.3 Å². The van der Waals surface area contributed by atoms with Crippen LogP contribution in [0.2, 0.25) is 0 Å². The van der Waals surface area contributed by atoms with Crippen molar-refractivity contribution in [2.45, 2.75) is 25.8 Å². The molecule has 1 fully saturated rings. The van der Waals surface area contributed by atoms with Crippen molar-refractivity contribution in [3.8, 4) is 0 Å². The van der Waals surface area contributed by atoms with E-state index in [0.29, 0.717) is 42.9 Å². The molecule has 4 rings (SSSR count). The molecule has 0 atom stereocenters. The lowest BCUT2D eigenvalue weighted by atomic mass is 9.99. The van der Waals surface area contributed by atoms with Crippen LogP contribution in [0.15, 0.2) is 48.9 Å². The van der Waals surface area contributed by atoms with E-state index in [9.17, 15) is 13.2 Å². The van der Waals surface area contributed by atoms with Crippen molar-refractivity contribution < 1.29 is 13.2 Å². The van der Waals surface area contributed by atoms with E-state index in [1.54, 1.807) is 18.6 Å². The lowest BCUT2D eigenvalue weighted by molar-refractivity contribution is 0.0951. The Labute approximate surface area is 170 Å². The van der Waals surface area contributed by atoms with Gasteiger partial charge in [0.05, 0.1) is 29.9 Å². The van der Waals surface area contributed by atoms with Gasteiger partial charge in [-0.2, -0.15) is 0 Å². The Hall–Kier alpha value is -2.74. The van der Waals surface area contributed by atoms with Crippen molar-refractivity contribution in [3.05, 3.63) is 60.0 Å². The Bertz CT molecular complexity index is 1100. The number of nitrogens with one attached hydrogen (secondary N) is 1. The van der Waals surface area contributed by atoms with Crippen LogP contribution in [0.1, 0.15) is 35.2 Å². The first-order chi connectivity index (χ1) is 14.0. The minimum Gasteiger partial charge on any atom is -0.352 e. The SMILES string of the molecule is O=C(NCCC1CCS(=O)(=O)CC1)c1cnc2c(c1)ncn2Cc1ccccc1. The number of aromatic nitrogens is 3. The normalized spacial score (nSPS) is 16.7. The molecule has 1 amide bonds. The highest BCUT2D eigenvalue weighted by atomic mass is 32.2. The molecule has 152 valence electrons. The lowest BCUT2D eigenvalue weighted by Crippen LogP contribution is -2.29. The first-order valence-corrected chi connectivity index (χ1v) is 11.7. The highest BCUT2D eigenvalue weighted by Gasteiger charge is 2.23. The molecule has 0 bridgehead atoms. The molecule has 2 aromatic heterocycles. The minimum atomic E-state index is -2.84. The van der Waals surface area contributed by atoms with Crippen LogP contribution in [0.25, 0.3) is 11.2 Å². The molecular weight excluding hydrogens is 388 g/mol. The van der Waals surface area contributed by atoms with Crippen LogP contribution in [-0.4, -0.2) is 46.9 Å². The fourth-order valence-corrected chi connectivity index (χ4v) is 5.28. The zero-order valence-electron chi connectivity index (χ0n) is 16.1. The van der Waals surface area contributed by atoms with Crippen molar-refractivity contribution in [2.75, 3.05) is 18.1 Å². The van der Waals surface area contributed by atoms with Crippen LogP contribution in [0, 0.1) is 5.92 Å². The molecule has 0 spiro atoms. The van der Waals surface area contributed by atoms with Gasteiger partial charge < -0.3 is 9.88 Å². The molecule has 8 heteroatoms. The predicted octanol–water partition coefficient (Wildman–Crippen LogP) is 2.42. The number of nitrogens with zero attached hydrogens (tertiary/aromatic N) is 3. The standard InChI is InChI=1S/C21H24N4O3S/c26-21(22-9-6-16-7-10-29(27,28)11-8-16)18-12-19-20(23-13-18)25(15-24-19)14-17-4-2-1-3-5-17/h1-5,12-13,15-16H,6-11,14H2,(H,22,26). The number of carbonyl (C=O) groups excluding carboxylic acids is 1. The number of pyridine rings is 1. The van der Waals surface area contributed by atoms with Gasteiger partial charge in [-0.3, -0.25) is 4.79 Å². The maximum absolute atomic E-state index is 12.4. The molecule has 0 saturated carbocycles. The summed E-state index contributed by atoms with van der Waals surface area (Å²) in [4.78, 5) is 21.3. The summed E-state index contributed by atoms with van der Waals surface area (Å²) in [6.07, 6.45) is 5.48. The lowest BCUT2D eigenvalue weighted by Gasteiger charge is -2.21. The zero-order chi connectivity index (χ0) is 20.3. The van der Waals surface area contributed by atoms with E-state index < -0.39 is 9.84 Å². The largest absolute Gasteiger partial charge is 0.352 e. The van der Waals surface area contributed by atoms with Crippen molar-refractivity contribution in [1.29, 1.82) is 0 Å². The summed E-state index contributed by atoms with van der Waals surface area (Å²) in [6.45, 7) is 1.21. The Kier molecular flexibility index (Phi) is 5.62. The third-order valence-corrected chi connectivity index (χ3v) is 7.14. The topological polar surface area (TPSA) is 93.9 Å². The van der Waals surface area contributed by atoms with E-state index in [0.717, 1.165) is 17.6 Å². The number of sulfone groups is 1. The van der Waals surface area contributed by atoms with E-state index in [4.69, 9.17) is 0 Å². The first-order valence-electron chi connectivity index (χ1n) is 9.84. The summed E-state index contributed by atoms with van der Waals surface area (Å²) in [5.41, 5.74) is 3.07. The van der Waals surface area contributed by atoms with Crippen LogP contribution in [0.3, 0.4) is 0 Å². The molecule has 3 aromatic rings. The van der Waals surface area contributed by atoms with Crippen molar-refractivity contribution in [2.24, 2.45) is 5.92 Å². The van der Waals surface area contributed by atoms with Crippen molar-refractivity contribution in [3.63, 3.8) is 0 Å². The predicted molar refractivity (Wildman–Crippen MR) is 111 cm³/mol. The minimum absolute atomic E-state index is 0.180. The third kappa shape index (κ3) is 4.82. The summed E-state index contributed by atoms with van der Waals surface area (Å²) < 4.78 is 24.9. The molecule has 0 aliphatic carbocycles. The van der Waals surface area contributed by atoms with Gasteiger partial charge in [0.25, 0.3) is 5.91 Å². The molecule has 0 radical (unpaired) electrons. The summed E-state index contributed by atoms with van der Waals surface area (Å²) >= 11 is 0. The Balaban J connectivity index is 1.35. The second-order valence-electron chi connectivity index (χ2n) is 7.56. The van der Waals surface area contributed by atoms with Crippen LogP contribution < -0.4 is 5.32 Å². The van der Waals surface area contributed by atoms with Gasteiger partial charge >= 0.3 is 0 Å². The van der Waals surface area contributed by atoms with Gasteiger partial charge in [0.15, 0.2) is 5.65 Å². The molecule has 29 heavy (non-hydrogen) atoms. The average molecular weight is 413 g/mol. The van der Waals surface area contributed by atoms with E-state index >= 15 is 0 Å². The van der Waals surface area contributed by atoms with Crippen molar-refractivity contribution in [1.82, 2.24) is 19.9 Å². The second kappa shape index (κ2) is 8.32. The van der Waals surface area contributed by atoms with Gasteiger partial charge in [0, 0.05) is 12.7 Å². The Morgan fingerprint density at radius 1 is 1.14 bits per heavy atom. The van der Waals surface area contributed by atoms with Crippen LogP contribution in [0.5, 0.6) is 0 Å². The fourth-order valence-electron chi connectivity index (χ4n) is 3.69. The number of benzene rings is 1. The number of hydrogen-bond donors (Lipinski definition) is 1. The summed E-state index contributed by atoms with van der Waals surface area (Å²) in [5, 5.41) is 2.92. The molecule has 1 aliphatic rings. The van der Waals surface area contributed by atoms with E-state index in [-0.39, 0.29) is 17.4 Å². The van der Waals surface area contributed by atoms with Gasteiger partial charge in [-0.25, -0.2) is 18.4 Å². The monoisotopic (exact) mass is 412 g/mol. The molecular formula is C21H24N4O3S. The van der Waals surface area contributed by atoms with E-state index in [1.165, 1.54) is 0 Å². The summed E-state index contributed by atoms with van der Waals surface area (Å²) in [7, 11) is -2.84. The average Bonchev–Trinajstić information content (AvgIpc) is 3.12. The van der Waals surface area contributed by atoms with Crippen LogP contribution >= 0.6 is 0 Å². The van der Waals surface area contributed by atoms with Gasteiger partial charge in [-0.15, -0.1) is 0 Å². The summed E-state index contributed by atoms with van der Waals surface area (Å²) in [5.74, 6) is 0.698. The Morgan fingerprint density at radius 2 is 1.90 bits per heavy atom. The Morgan fingerprint density at radius 3 is 2.66 bits per heavy atom. The number of carbonyl (C=O) groups is 1. The second-order valence-corrected chi connectivity index (χ2v) is 9.87. The number of amides is 1. The smallest absolute Gasteiger partial charge is 0.252 e. The molecule has 1 saturated heterocycles. The van der Waals surface area contributed by atoms with E-state index in [1.807, 2.05) is 22.8 Å². The fraction of sp³-hybridized carbons (Fsp3) is 0.381. The van der Waals surface area contributed by atoms with Crippen LogP contribution in [-0.2, 0) is 16.4 Å². The van der Waals surface area contributed by atoms with Gasteiger partial charge in [-0.05, 0) is 36.8 Å². The molecule has 1 aromatic carbocycles. The zero-order valence-corrected chi connectivity index (χ0v) is 16.9. The maximum Gasteiger partial charge on any atom is 0.252 e. The van der Waals surface area contributed by atoms with Gasteiger partial charge in [0.2, 0.25) is 0 Å². The molecule has 1 N–H and O–H groups in total. The van der Waals surface area contributed by atoms with E-state index in [2.05, 4.69) is 27.4 Å². The molecule has 0 unspecified atom stereocenters. The first kappa shape index (κ1) is 19.6. The third-order valence-electron chi connectivity index (χ3n) is 5.43. The highest BCUT2D eigenvalue weighted by Crippen LogP contribution is 2.21. The molecule has 3 heterocycles. The quantitative estimate of drug-likeness (QED) is 0.671. The van der Waals surface area contributed by atoms with Crippen molar-refractivity contribution >= 4 is 26.9 Å². The molecule has 1 aliphatic heterocycles. The number of rotatable bonds is 6. The number of fused-ring (bicyclic) bond motifs is 1. The number of imidazole rings is 1. The summed E-state index contributed by atoms with van der Waals surface area (Å²) in [6, 6.07) is 11.8. The van der Waals surface area contributed by atoms with Crippen LogP contribution in [0.4, 0.5) is 0 Å². The number of hydrogen-bond acceptors (Lipinski definition) is 5. The highest BCUT2D eigenvalue weighted by molar-refractivity contribution is 7.91. The maximum atomic E-state index is 12.4.